The number of nitrogens with zero attached hydrogens (tertiary/aromatic N) is 5. The van der Waals surface area contributed by atoms with Gasteiger partial charge in [0.2, 0.25) is 11.9 Å². The van der Waals surface area contributed by atoms with E-state index in [9.17, 15) is 9.90 Å². The first-order valence-electron chi connectivity index (χ1n) is 13.8. The van der Waals surface area contributed by atoms with Crippen molar-refractivity contribution < 1.29 is 14.6 Å². The van der Waals surface area contributed by atoms with Crippen LogP contribution in [0, 0.1) is 0 Å². The van der Waals surface area contributed by atoms with Gasteiger partial charge in [-0.25, -0.2) is 9.50 Å². The standard InChI is InChI=1S/C29H40N6O3/c1-20(19-38-3)31-29-30-17-28-26(16-27(35(28)32-29)24-8-10-25(37)11-9-24)23-6-4-22(5-7-23)18-33-12-14-34(15-13-33)21(2)36/h4-7,16-17,20,24-25,37H,8-15,18-19H2,1-3H3,(H,31,32)/t20-,24?,25?/m0/s1. The third-order valence-electron chi connectivity index (χ3n) is 7.94. The molecular formula is C29H40N6O3. The van der Waals surface area contributed by atoms with Crippen molar-refractivity contribution in [3.05, 3.63) is 47.8 Å². The number of aromatic nitrogens is 3. The molecule has 2 fully saturated rings. The molecule has 204 valence electrons. The first-order valence-corrected chi connectivity index (χ1v) is 13.8. The van der Waals surface area contributed by atoms with E-state index in [4.69, 9.17) is 9.84 Å². The summed E-state index contributed by atoms with van der Waals surface area (Å²) in [6.07, 6.45) is 5.27. The highest BCUT2D eigenvalue weighted by molar-refractivity contribution is 5.81. The van der Waals surface area contributed by atoms with Crippen molar-refractivity contribution in [2.24, 2.45) is 0 Å². The van der Waals surface area contributed by atoms with Crippen molar-refractivity contribution in [1.82, 2.24) is 24.4 Å². The summed E-state index contributed by atoms with van der Waals surface area (Å²) < 4.78 is 7.31. The van der Waals surface area contributed by atoms with Crippen LogP contribution < -0.4 is 5.32 Å². The third-order valence-corrected chi connectivity index (χ3v) is 7.94. The monoisotopic (exact) mass is 520 g/mol. The Kier molecular flexibility index (Phi) is 8.26. The maximum Gasteiger partial charge on any atom is 0.241 e. The number of fused-ring (bicyclic) bond motifs is 1. The molecule has 1 aliphatic heterocycles. The Bertz CT molecular complexity index is 1230. The van der Waals surface area contributed by atoms with Gasteiger partial charge < -0.3 is 20.1 Å². The normalized spacial score (nSPS) is 21.5. The fraction of sp³-hybridized carbons (Fsp3) is 0.552. The molecule has 2 aliphatic rings. The van der Waals surface area contributed by atoms with E-state index in [1.54, 1.807) is 14.0 Å². The molecule has 1 amide bonds. The summed E-state index contributed by atoms with van der Waals surface area (Å²) in [5, 5.41) is 18.3. The Morgan fingerprint density at radius 3 is 2.50 bits per heavy atom. The lowest BCUT2D eigenvalue weighted by Crippen LogP contribution is -2.47. The number of piperazine rings is 1. The number of aliphatic hydroxyl groups is 1. The van der Waals surface area contributed by atoms with Gasteiger partial charge in [-0.2, -0.15) is 0 Å². The van der Waals surface area contributed by atoms with E-state index in [1.165, 1.54) is 11.3 Å². The Labute approximate surface area is 224 Å². The molecule has 0 spiro atoms. The van der Waals surface area contributed by atoms with E-state index >= 15 is 0 Å². The largest absolute Gasteiger partial charge is 0.393 e. The van der Waals surface area contributed by atoms with Gasteiger partial charge in [0.25, 0.3) is 0 Å². The van der Waals surface area contributed by atoms with Crippen molar-refractivity contribution >= 4 is 17.4 Å². The predicted octanol–water partition coefficient (Wildman–Crippen LogP) is 3.53. The fourth-order valence-electron chi connectivity index (χ4n) is 5.76. The highest BCUT2D eigenvalue weighted by atomic mass is 16.5. The maximum absolute atomic E-state index is 11.6. The summed E-state index contributed by atoms with van der Waals surface area (Å²) in [5.74, 6) is 1.10. The van der Waals surface area contributed by atoms with E-state index in [1.807, 2.05) is 18.0 Å². The molecule has 1 atom stereocenters. The summed E-state index contributed by atoms with van der Waals surface area (Å²) in [5.41, 5.74) is 5.71. The minimum Gasteiger partial charge on any atom is -0.393 e. The quantitative estimate of drug-likeness (QED) is 0.469. The SMILES string of the molecule is COC[C@H](C)Nc1ncc2c(-c3ccc(CN4CCN(C(C)=O)CC4)cc3)cc(C3CCC(O)CC3)n2n1. The average molecular weight is 521 g/mol. The van der Waals surface area contributed by atoms with E-state index < -0.39 is 0 Å². The molecule has 1 saturated carbocycles. The molecule has 3 heterocycles. The lowest BCUT2D eigenvalue weighted by atomic mass is 9.85. The maximum atomic E-state index is 11.6. The fourth-order valence-corrected chi connectivity index (χ4v) is 5.76. The average Bonchev–Trinajstić information content (AvgIpc) is 3.29. The Hall–Kier alpha value is -3.01. The van der Waals surface area contributed by atoms with E-state index in [0.29, 0.717) is 18.5 Å². The number of benzene rings is 1. The van der Waals surface area contributed by atoms with Crippen molar-refractivity contribution in [2.45, 2.75) is 64.1 Å². The van der Waals surface area contributed by atoms with Crippen LogP contribution in [0.1, 0.15) is 56.7 Å². The van der Waals surface area contributed by atoms with Crippen molar-refractivity contribution in [3.8, 4) is 11.1 Å². The topological polar surface area (TPSA) is 95.2 Å². The van der Waals surface area contributed by atoms with Crippen molar-refractivity contribution in [1.29, 1.82) is 0 Å². The van der Waals surface area contributed by atoms with Crippen LogP contribution >= 0.6 is 0 Å². The van der Waals surface area contributed by atoms with Crippen LogP contribution in [-0.2, 0) is 16.1 Å². The molecule has 9 nitrogen and oxygen atoms in total. The molecule has 38 heavy (non-hydrogen) atoms. The number of ether oxygens (including phenoxy) is 1. The summed E-state index contributed by atoms with van der Waals surface area (Å²) in [4.78, 5) is 20.6. The molecule has 1 aliphatic carbocycles. The van der Waals surface area contributed by atoms with Gasteiger partial charge in [0.05, 0.1) is 24.4 Å². The van der Waals surface area contributed by atoms with Crippen LogP contribution in [0.5, 0.6) is 0 Å². The van der Waals surface area contributed by atoms with Gasteiger partial charge in [-0.3, -0.25) is 9.69 Å². The van der Waals surface area contributed by atoms with Gasteiger partial charge in [-0.05, 0) is 49.8 Å². The minimum absolute atomic E-state index is 0.0961. The number of aliphatic hydroxyl groups excluding tert-OH is 1. The highest BCUT2D eigenvalue weighted by Crippen LogP contribution is 2.37. The summed E-state index contributed by atoms with van der Waals surface area (Å²) in [6.45, 7) is 8.56. The molecule has 1 aromatic carbocycles. The number of anilines is 1. The number of hydrogen-bond donors (Lipinski definition) is 2. The van der Waals surface area contributed by atoms with Crippen molar-refractivity contribution in [3.63, 3.8) is 0 Å². The van der Waals surface area contributed by atoms with Gasteiger partial charge in [-0.15, -0.1) is 5.10 Å². The van der Waals surface area contributed by atoms with Gasteiger partial charge in [-0.1, -0.05) is 24.3 Å². The lowest BCUT2D eigenvalue weighted by molar-refractivity contribution is -0.130. The predicted molar refractivity (Wildman–Crippen MR) is 148 cm³/mol. The second kappa shape index (κ2) is 11.8. The van der Waals surface area contributed by atoms with Crippen LogP contribution in [0.25, 0.3) is 16.6 Å². The number of methoxy groups -OCH3 is 1. The first-order chi connectivity index (χ1) is 18.4. The van der Waals surface area contributed by atoms with Gasteiger partial charge >= 0.3 is 0 Å². The van der Waals surface area contributed by atoms with Gasteiger partial charge in [0.15, 0.2) is 0 Å². The number of carbonyl (C=O) groups excluding carboxylic acids is 1. The van der Waals surface area contributed by atoms with E-state index in [2.05, 4.69) is 50.0 Å². The molecule has 1 saturated heterocycles. The number of rotatable bonds is 8. The number of hydrogen-bond acceptors (Lipinski definition) is 7. The van der Waals surface area contributed by atoms with Crippen LogP contribution in [-0.4, -0.2) is 87.5 Å². The zero-order valence-electron chi connectivity index (χ0n) is 22.8. The zero-order valence-corrected chi connectivity index (χ0v) is 22.8. The van der Waals surface area contributed by atoms with Gasteiger partial charge in [0, 0.05) is 70.0 Å². The molecule has 3 aromatic rings. The van der Waals surface area contributed by atoms with Crippen LogP contribution in [0.2, 0.25) is 0 Å². The molecule has 0 bridgehead atoms. The molecular weight excluding hydrogens is 480 g/mol. The van der Waals surface area contributed by atoms with Crippen LogP contribution in [0.4, 0.5) is 5.95 Å². The Morgan fingerprint density at radius 2 is 1.84 bits per heavy atom. The molecule has 5 rings (SSSR count). The van der Waals surface area contributed by atoms with Crippen molar-refractivity contribution in [2.75, 3.05) is 45.2 Å². The summed E-state index contributed by atoms with van der Waals surface area (Å²) in [6, 6.07) is 11.2. The number of nitrogens with one attached hydrogen (secondary N) is 1. The van der Waals surface area contributed by atoms with E-state index in [-0.39, 0.29) is 18.1 Å². The second-order valence-electron chi connectivity index (χ2n) is 10.8. The molecule has 2 aromatic heterocycles. The zero-order chi connectivity index (χ0) is 26.6. The molecule has 0 unspecified atom stereocenters. The van der Waals surface area contributed by atoms with Gasteiger partial charge in [0.1, 0.15) is 0 Å². The van der Waals surface area contributed by atoms with E-state index in [0.717, 1.165) is 75.1 Å². The molecule has 9 heteroatoms. The molecule has 2 N–H and O–H groups in total. The Balaban J connectivity index is 1.38. The summed E-state index contributed by atoms with van der Waals surface area (Å²) in [7, 11) is 1.69. The third kappa shape index (κ3) is 6.00. The van der Waals surface area contributed by atoms with Crippen LogP contribution in [0.15, 0.2) is 36.5 Å². The number of amides is 1. The second-order valence-corrected chi connectivity index (χ2v) is 10.8. The summed E-state index contributed by atoms with van der Waals surface area (Å²) >= 11 is 0. The first kappa shape index (κ1) is 26.6. The number of carbonyl (C=O) groups is 1. The molecule has 0 radical (unpaired) electrons. The minimum atomic E-state index is -0.198. The Morgan fingerprint density at radius 1 is 1.13 bits per heavy atom. The smallest absolute Gasteiger partial charge is 0.241 e. The lowest BCUT2D eigenvalue weighted by Gasteiger charge is -2.34. The van der Waals surface area contributed by atoms with Crippen LogP contribution in [0.3, 0.4) is 0 Å². The highest BCUT2D eigenvalue weighted by Gasteiger charge is 2.26.